The first-order valence-corrected chi connectivity index (χ1v) is 11.3. The van der Waals surface area contributed by atoms with Gasteiger partial charge in [0.05, 0.1) is 21.3 Å². The van der Waals surface area contributed by atoms with E-state index in [2.05, 4.69) is 16.2 Å². The summed E-state index contributed by atoms with van der Waals surface area (Å²) >= 11 is 17.1. The van der Waals surface area contributed by atoms with Crippen molar-refractivity contribution < 1.29 is 13.3 Å². The van der Waals surface area contributed by atoms with Crippen LogP contribution in [0.1, 0.15) is 13.8 Å². The summed E-state index contributed by atoms with van der Waals surface area (Å²) in [6.07, 6.45) is 0. The lowest BCUT2D eigenvalue weighted by Crippen LogP contribution is -2.35. The Morgan fingerprint density at radius 1 is 1.13 bits per heavy atom. The van der Waals surface area contributed by atoms with Crippen molar-refractivity contribution >= 4 is 67.6 Å². The minimum absolute atomic E-state index is 0.0868. The Hall–Kier alpha value is -2.18. The van der Waals surface area contributed by atoms with Gasteiger partial charge in [0, 0.05) is 30.2 Å². The van der Waals surface area contributed by atoms with Gasteiger partial charge in [-0.15, -0.1) is 0 Å². The molecule has 0 spiro atoms. The summed E-state index contributed by atoms with van der Waals surface area (Å²) in [6.45, 7) is 3.78. The first-order chi connectivity index (χ1) is 14.1. The molecular weight excluding hydrogens is 473 g/mol. The lowest BCUT2D eigenvalue weighted by molar-refractivity contribution is -0.385. The molecule has 13 heteroatoms. The quantitative estimate of drug-likeness (QED) is 0.285. The summed E-state index contributed by atoms with van der Waals surface area (Å²) in [7, 11) is -3.98. The standard InChI is InChI=1S/C17H19Cl2N5O4S2/c1-3-23(4-2)30(27,28)16-10-12(24(25)26)6-8-15(16)21-22-17(29)20-14-7-5-11(18)9-13(14)19/h5-10,21H,3-4H2,1-2H3,(H2,20,22,29). The van der Waals surface area contributed by atoms with Crippen LogP contribution in [-0.2, 0) is 10.0 Å². The second-order valence-electron chi connectivity index (χ2n) is 5.86. The highest BCUT2D eigenvalue weighted by molar-refractivity contribution is 7.89. The molecule has 2 aromatic rings. The van der Waals surface area contributed by atoms with Crippen molar-refractivity contribution in [1.82, 2.24) is 9.73 Å². The van der Waals surface area contributed by atoms with Gasteiger partial charge in [-0.25, -0.2) is 8.42 Å². The number of thiocarbonyl (C=S) groups is 1. The molecule has 162 valence electrons. The van der Waals surface area contributed by atoms with Crippen LogP contribution in [0.4, 0.5) is 17.1 Å². The molecule has 0 aliphatic rings. The molecule has 2 aromatic carbocycles. The minimum Gasteiger partial charge on any atom is -0.330 e. The molecule has 0 saturated heterocycles. The molecule has 0 amide bonds. The average Bonchev–Trinajstić information content (AvgIpc) is 2.69. The number of rotatable bonds is 8. The zero-order valence-electron chi connectivity index (χ0n) is 16.0. The number of hydrazine groups is 1. The van der Waals surface area contributed by atoms with Gasteiger partial charge in [0.2, 0.25) is 10.0 Å². The van der Waals surface area contributed by atoms with E-state index in [1.165, 1.54) is 22.5 Å². The van der Waals surface area contributed by atoms with Crippen molar-refractivity contribution in [3.05, 3.63) is 56.6 Å². The van der Waals surface area contributed by atoms with Gasteiger partial charge in [0.25, 0.3) is 5.69 Å². The number of benzene rings is 2. The first kappa shape index (κ1) is 24.1. The summed E-state index contributed by atoms with van der Waals surface area (Å²) in [4.78, 5) is 10.2. The van der Waals surface area contributed by atoms with E-state index >= 15 is 0 Å². The molecule has 0 atom stereocenters. The second kappa shape index (κ2) is 10.2. The van der Waals surface area contributed by atoms with Gasteiger partial charge < -0.3 is 5.32 Å². The van der Waals surface area contributed by atoms with Gasteiger partial charge in [-0.05, 0) is 36.5 Å². The van der Waals surface area contributed by atoms with Crippen LogP contribution < -0.4 is 16.2 Å². The van der Waals surface area contributed by atoms with Crippen LogP contribution in [0.2, 0.25) is 10.0 Å². The third-order valence-electron chi connectivity index (χ3n) is 3.99. The third-order valence-corrected chi connectivity index (χ3v) is 6.83. The predicted molar refractivity (Wildman–Crippen MR) is 123 cm³/mol. The molecule has 0 saturated carbocycles. The zero-order chi connectivity index (χ0) is 22.5. The number of sulfonamides is 1. The Morgan fingerprint density at radius 2 is 1.77 bits per heavy atom. The van der Waals surface area contributed by atoms with Crippen LogP contribution in [0.3, 0.4) is 0 Å². The fourth-order valence-electron chi connectivity index (χ4n) is 2.51. The van der Waals surface area contributed by atoms with Gasteiger partial charge in [0.1, 0.15) is 4.90 Å². The van der Waals surface area contributed by atoms with Crippen molar-refractivity contribution in [3.8, 4) is 0 Å². The highest BCUT2D eigenvalue weighted by Crippen LogP contribution is 2.29. The Morgan fingerprint density at radius 3 is 2.33 bits per heavy atom. The number of halogens is 2. The van der Waals surface area contributed by atoms with Crippen LogP contribution in [0, 0.1) is 10.1 Å². The maximum absolute atomic E-state index is 13.0. The minimum atomic E-state index is -3.98. The normalized spacial score (nSPS) is 11.2. The van der Waals surface area contributed by atoms with Gasteiger partial charge in [0.15, 0.2) is 5.11 Å². The number of non-ortho nitro benzene ring substituents is 1. The van der Waals surface area contributed by atoms with Crippen LogP contribution in [0.15, 0.2) is 41.3 Å². The Bertz CT molecular complexity index is 1060. The number of nitrogens with one attached hydrogen (secondary N) is 3. The summed E-state index contributed by atoms with van der Waals surface area (Å²) in [6, 6.07) is 8.27. The van der Waals surface area contributed by atoms with Crippen molar-refractivity contribution in [2.24, 2.45) is 0 Å². The predicted octanol–water partition coefficient (Wildman–Crippen LogP) is 4.25. The average molecular weight is 492 g/mol. The summed E-state index contributed by atoms with van der Waals surface area (Å²) in [5.74, 6) is 0. The molecule has 0 fully saturated rings. The van der Waals surface area contributed by atoms with E-state index in [1.54, 1.807) is 26.0 Å². The maximum atomic E-state index is 13.0. The molecule has 9 nitrogen and oxygen atoms in total. The van der Waals surface area contributed by atoms with Crippen LogP contribution >= 0.6 is 35.4 Å². The lowest BCUT2D eigenvalue weighted by atomic mass is 10.3. The number of hydrogen-bond donors (Lipinski definition) is 3. The molecule has 0 bridgehead atoms. The van der Waals surface area contributed by atoms with Gasteiger partial charge >= 0.3 is 0 Å². The molecule has 0 unspecified atom stereocenters. The molecule has 3 N–H and O–H groups in total. The van der Waals surface area contributed by atoms with E-state index in [-0.39, 0.29) is 34.5 Å². The summed E-state index contributed by atoms with van der Waals surface area (Å²) in [5.41, 5.74) is 5.57. The molecule has 2 rings (SSSR count). The van der Waals surface area contributed by atoms with Crippen molar-refractivity contribution in [2.75, 3.05) is 23.8 Å². The van der Waals surface area contributed by atoms with Crippen molar-refractivity contribution in [2.45, 2.75) is 18.7 Å². The van der Waals surface area contributed by atoms with Gasteiger partial charge in [-0.1, -0.05) is 37.0 Å². The number of hydrogen-bond acceptors (Lipinski definition) is 6. The Kier molecular flexibility index (Phi) is 8.21. The second-order valence-corrected chi connectivity index (χ2v) is 9.01. The number of nitrogens with zero attached hydrogens (tertiary/aromatic N) is 2. The smallest absolute Gasteiger partial charge is 0.270 e. The van der Waals surface area contributed by atoms with E-state index in [0.717, 1.165) is 6.07 Å². The topological polar surface area (TPSA) is 117 Å². The lowest BCUT2D eigenvalue weighted by Gasteiger charge is -2.21. The summed E-state index contributed by atoms with van der Waals surface area (Å²) in [5, 5.41) is 14.9. The monoisotopic (exact) mass is 491 g/mol. The van der Waals surface area contributed by atoms with Crippen molar-refractivity contribution in [1.29, 1.82) is 0 Å². The molecule has 0 aliphatic carbocycles. The SMILES string of the molecule is CCN(CC)S(=O)(=O)c1cc([N+](=O)[O-])ccc1NNC(=S)Nc1ccc(Cl)cc1Cl. The number of nitro benzene ring substituents is 1. The van der Waals surface area contributed by atoms with E-state index in [9.17, 15) is 18.5 Å². The molecular formula is C17H19Cl2N5O4S2. The largest absolute Gasteiger partial charge is 0.330 e. The zero-order valence-corrected chi connectivity index (χ0v) is 19.1. The fourth-order valence-corrected chi connectivity index (χ4v) is 4.75. The summed E-state index contributed by atoms with van der Waals surface area (Å²) < 4.78 is 27.1. The van der Waals surface area contributed by atoms with Crippen molar-refractivity contribution in [3.63, 3.8) is 0 Å². The maximum Gasteiger partial charge on any atom is 0.270 e. The molecule has 0 radical (unpaired) electrons. The Balaban J connectivity index is 2.28. The van der Waals surface area contributed by atoms with E-state index in [1.807, 2.05) is 0 Å². The molecule has 30 heavy (non-hydrogen) atoms. The number of anilines is 2. The Labute approximate surface area is 189 Å². The highest BCUT2D eigenvalue weighted by atomic mass is 35.5. The molecule has 0 aliphatic heterocycles. The molecule has 0 heterocycles. The number of nitro groups is 1. The highest BCUT2D eigenvalue weighted by Gasteiger charge is 2.27. The first-order valence-electron chi connectivity index (χ1n) is 8.66. The van der Waals surface area contributed by atoms with Crippen LogP contribution in [-0.4, -0.2) is 35.8 Å². The van der Waals surface area contributed by atoms with Gasteiger partial charge in [-0.3, -0.25) is 21.0 Å². The van der Waals surface area contributed by atoms with E-state index in [0.29, 0.717) is 15.7 Å². The van der Waals surface area contributed by atoms with Crippen LogP contribution in [0.25, 0.3) is 0 Å². The third kappa shape index (κ3) is 5.70. The molecule has 0 aromatic heterocycles. The van der Waals surface area contributed by atoms with Gasteiger partial charge in [-0.2, -0.15) is 4.31 Å². The van der Waals surface area contributed by atoms with E-state index < -0.39 is 14.9 Å². The van der Waals surface area contributed by atoms with Crippen LogP contribution in [0.5, 0.6) is 0 Å². The fraction of sp³-hybridized carbons (Fsp3) is 0.235. The van der Waals surface area contributed by atoms with E-state index in [4.69, 9.17) is 35.4 Å².